The second kappa shape index (κ2) is 6.70. The molecular weight excluding hydrogens is 294 g/mol. The predicted molar refractivity (Wildman–Crippen MR) is 85.2 cm³/mol. The first-order valence-electron chi connectivity index (χ1n) is 7.58. The maximum Gasteiger partial charge on any atom is 0.272 e. The van der Waals surface area contributed by atoms with Crippen molar-refractivity contribution < 1.29 is 9.53 Å². The molecule has 1 amide bonds. The number of benzene rings is 1. The highest BCUT2D eigenvalue weighted by Crippen LogP contribution is 2.17. The van der Waals surface area contributed by atoms with E-state index in [4.69, 9.17) is 4.74 Å². The van der Waals surface area contributed by atoms with Crippen molar-refractivity contribution in [1.82, 2.24) is 25.1 Å². The number of carbonyl (C=O) groups is 1. The van der Waals surface area contributed by atoms with E-state index >= 15 is 0 Å². The minimum Gasteiger partial charge on any atom is -0.375 e. The highest BCUT2D eigenvalue weighted by Gasteiger charge is 2.26. The van der Waals surface area contributed by atoms with Crippen LogP contribution in [0.1, 0.15) is 18.3 Å². The number of morpholine rings is 1. The Kier molecular flexibility index (Phi) is 4.47. The molecule has 7 heteroatoms. The Balaban J connectivity index is 1.97. The molecule has 0 unspecified atom stereocenters. The fourth-order valence-electron chi connectivity index (χ4n) is 2.54. The number of amides is 1. The highest BCUT2D eigenvalue weighted by atomic mass is 16.5. The summed E-state index contributed by atoms with van der Waals surface area (Å²) in [5.74, 6) is 0.473. The maximum absolute atomic E-state index is 13.0. The molecule has 1 fully saturated rings. The molecule has 0 aliphatic carbocycles. The minimum atomic E-state index is -0.0978. The molecule has 2 aromatic rings. The van der Waals surface area contributed by atoms with Gasteiger partial charge in [-0.1, -0.05) is 30.3 Å². The standard InChI is InChI=1S/C16H19N5O2/c1-12-11-20(8-9-23-12)16(22)15(21-13(2)17-18-19-21)10-14-6-4-3-5-7-14/h3-7,10,12H,8-9,11H2,1-2H3/b15-10-/t12-/m0/s1. The summed E-state index contributed by atoms with van der Waals surface area (Å²) in [6, 6.07) is 9.67. The third-order valence-electron chi connectivity index (χ3n) is 3.70. The molecule has 0 saturated carbocycles. The summed E-state index contributed by atoms with van der Waals surface area (Å²) in [6.45, 7) is 5.40. The number of aryl methyl sites for hydroxylation is 1. The number of tetrazole rings is 1. The molecule has 0 N–H and O–H groups in total. The second-order valence-corrected chi connectivity index (χ2v) is 5.51. The largest absolute Gasteiger partial charge is 0.375 e. The van der Waals surface area contributed by atoms with Gasteiger partial charge in [-0.3, -0.25) is 4.79 Å². The average Bonchev–Trinajstić information content (AvgIpc) is 2.99. The number of hydrogen-bond acceptors (Lipinski definition) is 5. The molecule has 120 valence electrons. The third-order valence-corrected chi connectivity index (χ3v) is 3.70. The van der Waals surface area contributed by atoms with Crippen molar-refractivity contribution in [3.63, 3.8) is 0 Å². The SMILES string of the molecule is Cc1nnnn1/C(=C\c1ccccc1)C(=O)N1CCO[C@@H](C)C1. The molecule has 0 bridgehead atoms. The molecule has 1 aromatic heterocycles. The Bertz CT molecular complexity index is 710. The molecular formula is C16H19N5O2. The normalized spacial score (nSPS) is 19.0. The van der Waals surface area contributed by atoms with Gasteiger partial charge in [0.05, 0.1) is 12.7 Å². The van der Waals surface area contributed by atoms with Crippen LogP contribution >= 0.6 is 0 Å². The van der Waals surface area contributed by atoms with Gasteiger partial charge in [0, 0.05) is 13.1 Å². The number of hydrogen-bond donors (Lipinski definition) is 0. The van der Waals surface area contributed by atoms with Gasteiger partial charge in [0.1, 0.15) is 5.70 Å². The van der Waals surface area contributed by atoms with Gasteiger partial charge < -0.3 is 9.64 Å². The Labute approximate surface area is 134 Å². The van der Waals surface area contributed by atoms with E-state index in [0.717, 1.165) is 5.56 Å². The fraction of sp³-hybridized carbons (Fsp3) is 0.375. The van der Waals surface area contributed by atoms with Gasteiger partial charge >= 0.3 is 0 Å². The van der Waals surface area contributed by atoms with Crippen molar-refractivity contribution >= 4 is 17.7 Å². The molecule has 0 radical (unpaired) electrons. The lowest BCUT2D eigenvalue weighted by Gasteiger charge is -2.31. The molecule has 1 aromatic carbocycles. The first kappa shape index (κ1) is 15.4. The number of rotatable bonds is 3. The van der Waals surface area contributed by atoms with Crippen LogP contribution in [0.25, 0.3) is 11.8 Å². The monoisotopic (exact) mass is 313 g/mol. The summed E-state index contributed by atoms with van der Waals surface area (Å²) in [4.78, 5) is 14.8. The number of aromatic nitrogens is 4. The summed E-state index contributed by atoms with van der Waals surface area (Å²) < 4.78 is 6.99. The Morgan fingerprint density at radius 1 is 1.35 bits per heavy atom. The summed E-state index contributed by atoms with van der Waals surface area (Å²) in [5.41, 5.74) is 1.36. The van der Waals surface area contributed by atoms with Crippen LogP contribution in [0.15, 0.2) is 30.3 Å². The van der Waals surface area contributed by atoms with Gasteiger partial charge in [-0.25, -0.2) is 0 Å². The Hall–Kier alpha value is -2.54. The molecule has 1 aliphatic rings. The average molecular weight is 313 g/mol. The van der Waals surface area contributed by atoms with Gasteiger partial charge in [0.25, 0.3) is 5.91 Å². The van der Waals surface area contributed by atoms with Crippen molar-refractivity contribution in [2.75, 3.05) is 19.7 Å². The van der Waals surface area contributed by atoms with E-state index in [0.29, 0.717) is 31.2 Å². The molecule has 1 aliphatic heterocycles. The van der Waals surface area contributed by atoms with Crippen LogP contribution in [0, 0.1) is 6.92 Å². The van der Waals surface area contributed by atoms with E-state index in [2.05, 4.69) is 15.5 Å². The summed E-state index contributed by atoms with van der Waals surface area (Å²) >= 11 is 0. The number of nitrogens with zero attached hydrogens (tertiary/aromatic N) is 5. The van der Waals surface area contributed by atoms with Gasteiger partial charge in [-0.2, -0.15) is 4.68 Å². The molecule has 2 heterocycles. The van der Waals surface area contributed by atoms with Crippen LogP contribution in [0.2, 0.25) is 0 Å². The van der Waals surface area contributed by atoms with E-state index in [-0.39, 0.29) is 12.0 Å². The van der Waals surface area contributed by atoms with E-state index in [1.807, 2.05) is 43.3 Å². The van der Waals surface area contributed by atoms with Crippen molar-refractivity contribution in [2.45, 2.75) is 20.0 Å². The van der Waals surface area contributed by atoms with Crippen LogP contribution in [0.3, 0.4) is 0 Å². The number of carbonyl (C=O) groups excluding carboxylic acids is 1. The van der Waals surface area contributed by atoms with E-state index < -0.39 is 0 Å². The third kappa shape index (κ3) is 3.45. The summed E-state index contributed by atoms with van der Waals surface area (Å²) in [5, 5.41) is 11.5. The van der Waals surface area contributed by atoms with Crippen molar-refractivity contribution in [1.29, 1.82) is 0 Å². The Morgan fingerprint density at radius 3 is 2.78 bits per heavy atom. The zero-order chi connectivity index (χ0) is 16.2. The molecule has 3 rings (SSSR count). The smallest absolute Gasteiger partial charge is 0.272 e. The van der Waals surface area contributed by atoms with Gasteiger partial charge in [-0.15, -0.1) is 5.10 Å². The van der Waals surface area contributed by atoms with E-state index in [1.54, 1.807) is 11.8 Å². The molecule has 7 nitrogen and oxygen atoms in total. The number of ether oxygens (including phenoxy) is 1. The van der Waals surface area contributed by atoms with Crippen LogP contribution in [0.4, 0.5) is 0 Å². The van der Waals surface area contributed by atoms with Crippen LogP contribution < -0.4 is 0 Å². The summed E-state index contributed by atoms with van der Waals surface area (Å²) in [6.07, 6.45) is 1.84. The summed E-state index contributed by atoms with van der Waals surface area (Å²) in [7, 11) is 0. The first-order chi connectivity index (χ1) is 11.1. The minimum absolute atomic E-state index is 0.0284. The lowest BCUT2D eigenvalue weighted by atomic mass is 10.1. The lowest BCUT2D eigenvalue weighted by molar-refractivity contribution is -0.132. The highest BCUT2D eigenvalue weighted by molar-refractivity contribution is 6.18. The van der Waals surface area contributed by atoms with E-state index in [9.17, 15) is 4.79 Å². The molecule has 23 heavy (non-hydrogen) atoms. The fourth-order valence-corrected chi connectivity index (χ4v) is 2.54. The molecule has 0 spiro atoms. The van der Waals surface area contributed by atoms with Crippen LogP contribution in [-0.2, 0) is 9.53 Å². The van der Waals surface area contributed by atoms with Crippen molar-refractivity contribution in [3.05, 3.63) is 41.7 Å². The molecule has 1 saturated heterocycles. The zero-order valence-corrected chi connectivity index (χ0v) is 13.2. The zero-order valence-electron chi connectivity index (χ0n) is 13.2. The molecule has 1 atom stereocenters. The quantitative estimate of drug-likeness (QED) is 0.797. The van der Waals surface area contributed by atoms with Crippen LogP contribution in [0.5, 0.6) is 0 Å². The van der Waals surface area contributed by atoms with E-state index in [1.165, 1.54) is 4.68 Å². The predicted octanol–water partition coefficient (Wildman–Crippen LogP) is 1.23. The maximum atomic E-state index is 13.0. The van der Waals surface area contributed by atoms with Crippen molar-refractivity contribution in [2.24, 2.45) is 0 Å². The topological polar surface area (TPSA) is 73.1 Å². The lowest BCUT2D eigenvalue weighted by Crippen LogP contribution is -2.45. The van der Waals surface area contributed by atoms with Gasteiger partial charge in [0.15, 0.2) is 5.82 Å². The second-order valence-electron chi connectivity index (χ2n) is 5.51. The Morgan fingerprint density at radius 2 is 2.13 bits per heavy atom. The van der Waals surface area contributed by atoms with Crippen LogP contribution in [-0.4, -0.2) is 56.8 Å². The first-order valence-corrected chi connectivity index (χ1v) is 7.58. The van der Waals surface area contributed by atoms with Crippen molar-refractivity contribution in [3.8, 4) is 0 Å². The van der Waals surface area contributed by atoms with Gasteiger partial charge in [0.2, 0.25) is 0 Å². The van der Waals surface area contributed by atoms with Gasteiger partial charge in [-0.05, 0) is 35.9 Å².